The molecule has 0 aromatic carbocycles. The normalized spacial score (nSPS) is 23.2. The quantitative estimate of drug-likeness (QED) is 0.705. The van der Waals surface area contributed by atoms with Gasteiger partial charge in [-0.25, -0.2) is 0 Å². The molecule has 3 heterocycles. The van der Waals surface area contributed by atoms with Crippen molar-refractivity contribution in [1.29, 1.82) is 0 Å². The van der Waals surface area contributed by atoms with Crippen LogP contribution in [0.2, 0.25) is 0 Å². The van der Waals surface area contributed by atoms with E-state index in [1.54, 1.807) is 25.3 Å². The molecule has 1 aromatic heterocycles. The summed E-state index contributed by atoms with van der Waals surface area (Å²) in [6.45, 7) is 4.72. The Morgan fingerprint density at radius 2 is 2.20 bits per heavy atom. The van der Waals surface area contributed by atoms with Gasteiger partial charge in [0.05, 0.1) is 18.1 Å². The van der Waals surface area contributed by atoms with Gasteiger partial charge in [0.1, 0.15) is 6.61 Å². The van der Waals surface area contributed by atoms with Gasteiger partial charge in [-0.3, -0.25) is 9.69 Å². The molecule has 1 atom stereocenters. The summed E-state index contributed by atoms with van der Waals surface area (Å²) in [5.74, 6) is 0.558. The first-order valence-electron chi connectivity index (χ1n) is 9.24. The van der Waals surface area contributed by atoms with E-state index in [9.17, 15) is 4.79 Å². The van der Waals surface area contributed by atoms with Crippen molar-refractivity contribution in [2.45, 2.75) is 37.8 Å². The Labute approximate surface area is 150 Å². The Morgan fingerprint density at radius 3 is 2.88 bits per heavy atom. The van der Waals surface area contributed by atoms with Crippen LogP contribution in [0.25, 0.3) is 0 Å². The topological polar surface area (TPSA) is 55.2 Å². The van der Waals surface area contributed by atoms with Crippen LogP contribution in [-0.2, 0) is 20.8 Å². The highest BCUT2D eigenvalue weighted by molar-refractivity contribution is 5.76. The molecule has 0 saturated carbocycles. The summed E-state index contributed by atoms with van der Waals surface area (Å²) in [4.78, 5) is 15.6. The zero-order valence-corrected chi connectivity index (χ0v) is 15.4. The van der Waals surface area contributed by atoms with E-state index >= 15 is 0 Å². The summed E-state index contributed by atoms with van der Waals surface area (Å²) < 4.78 is 17.0. The number of furan rings is 1. The predicted molar refractivity (Wildman–Crippen MR) is 94.1 cm³/mol. The minimum absolute atomic E-state index is 0.0157. The van der Waals surface area contributed by atoms with Crippen molar-refractivity contribution in [2.24, 2.45) is 5.92 Å². The number of piperidine rings is 1. The Hall–Kier alpha value is -1.37. The fourth-order valence-electron chi connectivity index (χ4n) is 3.99. The fourth-order valence-corrected chi connectivity index (χ4v) is 3.99. The largest absolute Gasteiger partial charge is 0.472 e. The van der Waals surface area contributed by atoms with Gasteiger partial charge < -0.3 is 18.8 Å². The highest BCUT2D eigenvalue weighted by Crippen LogP contribution is 2.42. The lowest BCUT2D eigenvalue weighted by Gasteiger charge is -2.42. The van der Waals surface area contributed by atoms with Gasteiger partial charge in [-0.1, -0.05) is 0 Å². The van der Waals surface area contributed by atoms with E-state index in [2.05, 4.69) is 4.90 Å². The molecule has 1 aromatic rings. The third kappa shape index (κ3) is 4.63. The van der Waals surface area contributed by atoms with Gasteiger partial charge in [0.15, 0.2) is 0 Å². The van der Waals surface area contributed by atoms with E-state index in [1.165, 1.54) is 5.56 Å². The first-order valence-corrected chi connectivity index (χ1v) is 9.24. The van der Waals surface area contributed by atoms with Crippen LogP contribution < -0.4 is 0 Å². The minimum Gasteiger partial charge on any atom is -0.472 e. The van der Waals surface area contributed by atoms with Gasteiger partial charge >= 0.3 is 0 Å². The number of carbonyl (C=O) groups excluding carboxylic acids is 1. The molecular weight excluding hydrogens is 320 g/mol. The molecule has 1 amide bonds. The monoisotopic (exact) mass is 350 g/mol. The maximum atomic E-state index is 11.6. The molecule has 2 fully saturated rings. The minimum atomic E-state index is 0.0157. The van der Waals surface area contributed by atoms with Crippen LogP contribution in [0.4, 0.5) is 0 Å². The van der Waals surface area contributed by atoms with Crippen molar-refractivity contribution in [2.75, 3.05) is 47.0 Å². The second-order valence-corrected chi connectivity index (χ2v) is 7.44. The average molecular weight is 350 g/mol. The average Bonchev–Trinajstić information content (AvgIpc) is 3.24. The highest BCUT2D eigenvalue weighted by atomic mass is 16.5. The standard InChI is InChI=1S/C19H30N2O4/c1-20(2)18(22)15-24-11-4-17-5-12-25-19(17)6-8-21(9-7-19)13-16-3-10-23-14-16/h3,10,14,17H,4-9,11-13,15H2,1-2H3/t17-/m0/s1. The van der Waals surface area contributed by atoms with Crippen molar-refractivity contribution in [3.05, 3.63) is 24.2 Å². The van der Waals surface area contributed by atoms with E-state index in [0.29, 0.717) is 12.5 Å². The predicted octanol–water partition coefficient (Wildman–Crippen LogP) is 2.15. The number of amides is 1. The summed E-state index contributed by atoms with van der Waals surface area (Å²) >= 11 is 0. The maximum Gasteiger partial charge on any atom is 0.248 e. The van der Waals surface area contributed by atoms with Gasteiger partial charge in [-0.2, -0.15) is 0 Å². The number of hydrogen-bond acceptors (Lipinski definition) is 5. The zero-order chi connectivity index (χ0) is 17.7. The molecule has 0 aliphatic carbocycles. The second-order valence-electron chi connectivity index (χ2n) is 7.44. The third-order valence-corrected chi connectivity index (χ3v) is 5.62. The van der Waals surface area contributed by atoms with E-state index in [-0.39, 0.29) is 18.1 Å². The van der Waals surface area contributed by atoms with Crippen molar-refractivity contribution in [3.8, 4) is 0 Å². The molecule has 0 N–H and O–H groups in total. The molecular formula is C19H30N2O4. The lowest BCUT2D eigenvalue weighted by atomic mass is 9.78. The molecule has 25 heavy (non-hydrogen) atoms. The fraction of sp³-hybridized carbons (Fsp3) is 0.737. The van der Waals surface area contributed by atoms with Crippen molar-refractivity contribution in [1.82, 2.24) is 9.80 Å². The molecule has 3 rings (SSSR count). The van der Waals surface area contributed by atoms with Gasteiger partial charge in [-0.15, -0.1) is 0 Å². The van der Waals surface area contributed by atoms with E-state index in [1.807, 2.05) is 12.3 Å². The number of hydrogen-bond donors (Lipinski definition) is 0. The SMILES string of the molecule is CN(C)C(=O)COCC[C@H]1CCOC12CCN(Cc1ccoc1)CC2. The van der Waals surface area contributed by atoms with E-state index < -0.39 is 0 Å². The van der Waals surface area contributed by atoms with Crippen molar-refractivity contribution >= 4 is 5.91 Å². The lowest BCUT2D eigenvalue weighted by molar-refractivity contribution is -0.133. The number of rotatable bonds is 7. The first-order chi connectivity index (χ1) is 12.1. The van der Waals surface area contributed by atoms with Gasteiger partial charge in [0, 0.05) is 52.5 Å². The lowest BCUT2D eigenvalue weighted by Crippen LogP contribution is -2.47. The number of carbonyl (C=O) groups is 1. The van der Waals surface area contributed by atoms with Crippen LogP contribution in [0.5, 0.6) is 0 Å². The molecule has 2 aliphatic heterocycles. The number of likely N-dealkylation sites (tertiary alicyclic amines) is 1. The summed E-state index contributed by atoms with van der Waals surface area (Å²) in [5, 5.41) is 0. The molecule has 1 spiro atoms. The van der Waals surface area contributed by atoms with E-state index in [0.717, 1.165) is 51.9 Å². The van der Waals surface area contributed by atoms with Crippen LogP contribution >= 0.6 is 0 Å². The van der Waals surface area contributed by atoms with Gasteiger partial charge in [0.2, 0.25) is 5.91 Å². The third-order valence-electron chi connectivity index (χ3n) is 5.62. The molecule has 6 nitrogen and oxygen atoms in total. The second kappa shape index (κ2) is 8.34. The highest BCUT2D eigenvalue weighted by Gasteiger charge is 2.45. The molecule has 0 bridgehead atoms. The first kappa shape index (κ1) is 18.4. The summed E-state index contributed by atoms with van der Waals surface area (Å²) in [5.41, 5.74) is 1.25. The van der Waals surface area contributed by atoms with Crippen LogP contribution in [0.15, 0.2) is 23.0 Å². The van der Waals surface area contributed by atoms with Gasteiger partial charge in [0.25, 0.3) is 0 Å². The maximum absolute atomic E-state index is 11.6. The summed E-state index contributed by atoms with van der Waals surface area (Å²) in [6, 6.07) is 2.03. The molecule has 2 aliphatic rings. The smallest absolute Gasteiger partial charge is 0.248 e. The molecule has 140 valence electrons. The number of nitrogens with zero attached hydrogens (tertiary/aromatic N) is 2. The van der Waals surface area contributed by atoms with Crippen LogP contribution in [-0.4, -0.2) is 68.3 Å². The van der Waals surface area contributed by atoms with Crippen molar-refractivity contribution < 1.29 is 18.7 Å². The van der Waals surface area contributed by atoms with Crippen molar-refractivity contribution in [3.63, 3.8) is 0 Å². The Morgan fingerprint density at radius 1 is 1.40 bits per heavy atom. The Bertz CT molecular complexity index is 536. The zero-order valence-electron chi connectivity index (χ0n) is 15.4. The molecule has 0 unspecified atom stereocenters. The Kier molecular flexibility index (Phi) is 6.15. The Balaban J connectivity index is 1.43. The number of likely N-dealkylation sites (N-methyl/N-ethyl adjacent to an activating group) is 1. The van der Waals surface area contributed by atoms with Crippen LogP contribution in [0.3, 0.4) is 0 Å². The molecule has 6 heteroatoms. The van der Waals surface area contributed by atoms with Gasteiger partial charge in [-0.05, 0) is 37.7 Å². The molecule has 0 radical (unpaired) electrons. The van der Waals surface area contributed by atoms with E-state index in [4.69, 9.17) is 13.9 Å². The number of ether oxygens (including phenoxy) is 2. The van der Waals surface area contributed by atoms with Crippen LogP contribution in [0, 0.1) is 5.92 Å². The summed E-state index contributed by atoms with van der Waals surface area (Å²) in [7, 11) is 3.51. The molecule has 2 saturated heterocycles. The summed E-state index contributed by atoms with van der Waals surface area (Å²) in [6.07, 6.45) is 7.79. The van der Waals surface area contributed by atoms with Crippen LogP contribution in [0.1, 0.15) is 31.2 Å².